The molecule has 0 aromatic rings. The normalized spacial score (nSPS) is 23.9. The number of thioether (sulfide) groups is 1. The molecule has 0 N–H and O–H groups in total. The van der Waals surface area contributed by atoms with E-state index in [-0.39, 0.29) is 17.3 Å². The Morgan fingerprint density at radius 3 is 2.06 bits per heavy atom. The highest BCUT2D eigenvalue weighted by Crippen LogP contribution is 2.40. The van der Waals surface area contributed by atoms with Gasteiger partial charge in [0, 0.05) is 0 Å². The molecule has 1 aliphatic rings. The molecule has 0 unspecified atom stereocenters. The zero-order chi connectivity index (χ0) is 13.4. The summed E-state index contributed by atoms with van der Waals surface area (Å²) in [4.78, 5) is 22.9. The van der Waals surface area contributed by atoms with Crippen molar-refractivity contribution in [1.82, 2.24) is 0 Å². The second-order valence-electron chi connectivity index (χ2n) is 5.53. The predicted molar refractivity (Wildman–Crippen MR) is 77.9 cm³/mol. The van der Waals surface area contributed by atoms with Crippen molar-refractivity contribution < 1.29 is 9.59 Å². The number of ketones is 1. The minimum Gasteiger partial charge on any atom is -0.298 e. The van der Waals surface area contributed by atoms with E-state index >= 15 is 0 Å². The van der Waals surface area contributed by atoms with Crippen molar-refractivity contribution >= 4 is 22.7 Å². The van der Waals surface area contributed by atoms with E-state index < -0.39 is 4.75 Å². The summed E-state index contributed by atoms with van der Waals surface area (Å²) in [5.74, 6) is 0.139. The van der Waals surface area contributed by atoms with Crippen molar-refractivity contribution in [2.24, 2.45) is 0 Å². The molecule has 0 spiro atoms. The van der Waals surface area contributed by atoms with Crippen molar-refractivity contribution in [3.05, 3.63) is 0 Å². The molecule has 1 heterocycles. The summed E-state index contributed by atoms with van der Waals surface area (Å²) in [6, 6.07) is 0. The molecule has 0 amide bonds. The minimum absolute atomic E-state index is 0.0575. The van der Waals surface area contributed by atoms with Gasteiger partial charge in [0.1, 0.15) is 0 Å². The van der Waals surface area contributed by atoms with Crippen LogP contribution in [0, 0.1) is 0 Å². The molecule has 2 nitrogen and oxygen atoms in total. The van der Waals surface area contributed by atoms with Crippen LogP contribution in [0.2, 0.25) is 0 Å². The summed E-state index contributed by atoms with van der Waals surface area (Å²) < 4.78 is -0.403. The van der Waals surface area contributed by atoms with Gasteiger partial charge in [-0.3, -0.25) is 9.59 Å². The first-order chi connectivity index (χ1) is 8.58. The van der Waals surface area contributed by atoms with E-state index in [9.17, 15) is 9.59 Å². The van der Waals surface area contributed by atoms with Gasteiger partial charge in [-0.25, -0.2) is 0 Å². The Bertz CT molecular complexity index is 288. The topological polar surface area (TPSA) is 34.1 Å². The molecule has 0 aromatic heterocycles. The van der Waals surface area contributed by atoms with Crippen LogP contribution >= 0.6 is 11.8 Å². The molecular weight excluding hydrogens is 244 g/mol. The quantitative estimate of drug-likeness (QED) is 0.456. The zero-order valence-electron chi connectivity index (χ0n) is 11.8. The molecule has 1 atom stereocenters. The fraction of sp³-hybridized carbons (Fsp3) is 0.867. The summed E-state index contributed by atoms with van der Waals surface area (Å²) in [7, 11) is 0. The lowest BCUT2D eigenvalue weighted by Crippen LogP contribution is -2.26. The van der Waals surface area contributed by atoms with Gasteiger partial charge < -0.3 is 0 Å². The number of carbonyl (C=O) groups is 2. The Balaban J connectivity index is 2.04. The lowest BCUT2D eigenvalue weighted by atomic mass is 9.96. The molecule has 0 bridgehead atoms. The highest BCUT2D eigenvalue weighted by molar-refractivity contribution is 8.16. The number of hydrogen-bond donors (Lipinski definition) is 0. The van der Waals surface area contributed by atoms with Gasteiger partial charge in [0.05, 0.1) is 11.2 Å². The van der Waals surface area contributed by atoms with Crippen molar-refractivity contribution in [1.29, 1.82) is 0 Å². The molecule has 0 aromatic carbocycles. The van der Waals surface area contributed by atoms with E-state index in [2.05, 4.69) is 6.92 Å². The molecule has 104 valence electrons. The van der Waals surface area contributed by atoms with Crippen LogP contribution in [0.25, 0.3) is 0 Å². The number of unbranched alkanes of at least 4 members (excludes halogenated alkanes) is 7. The number of hydrogen-bond acceptors (Lipinski definition) is 3. The average molecular weight is 270 g/mol. The molecule has 0 aliphatic carbocycles. The Labute approximate surface area is 115 Å². The van der Waals surface area contributed by atoms with E-state index in [0.717, 1.165) is 12.8 Å². The monoisotopic (exact) mass is 270 g/mol. The standard InChI is InChI=1S/C15H26O2S/c1-3-4-5-6-7-8-9-10-11-15(2)13(16)12-14(17)18-15/h3-12H2,1-2H3/t15-/m1/s1. The highest BCUT2D eigenvalue weighted by atomic mass is 32.2. The second kappa shape index (κ2) is 7.98. The fourth-order valence-electron chi connectivity index (χ4n) is 2.45. The van der Waals surface area contributed by atoms with E-state index in [0.29, 0.717) is 0 Å². The predicted octanol–water partition coefficient (Wildman–Crippen LogP) is 4.51. The Hall–Kier alpha value is -0.310. The van der Waals surface area contributed by atoms with Gasteiger partial charge >= 0.3 is 0 Å². The van der Waals surface area contributed by atoms with Gasteiger partial charge in [0.2, 0.25) is 0 Å². The third-order valence-electron chi connectivity index (χ3n) is 3.74. The maximum Gasteiger partial charge on any atom is 0.197 e. The zero-order valence-corrected chi connectivity index (χ0v) is 12.6. The van der Waals surface area contributed by atoms with E-state index in [1.165, 1.54) is 56.7 Å². The van der Waals surface area contributed by atoms with Crippen molar-refractivity contribution in [2.75, 3.05) is 0 Å². The van der Waals surface area contributed by atoms with E-state index in [4.69, 9.17) is 0 Å². The lowest BCUT2D eigenvalue weighted by Gasteiger charge is -2.19. The maximum absolute atomic E-state index is 11.7. The van der Waals surface area contributed by atoms with Gasteiger partial charge in [0.25, 0.3) is 0 Å². The molecule has 1 fully saturated rings. The first-order valence-electron chi connectivity index (χ1n) is 7.33. The van der Waals surface area contributed by atoms with Crippen LogP contribution in [0.15, 0.2) is 0 Å². The molecule has 3 heteroatoms. The fourth-order valence-corrected chi connectivity index (χ4v) is 3.59. The van der Waals surface area contributed by atoms with Gasteiger partial charge in [-0.15, -0.1) is 0 Å². The average Bonchev–Trinajstić information content (AvgIpc) is 2.57. The third kappa shape index (κ3) is 5.13. The molecule has 0 radical (unpaired) electrons. The van der Waals surface area contributed by atoms with Crippen LogP contribution in [0.4, 0.5) is 0 Å². The highest BCUT2D eigenvalue weighted by Gasteiger charge is 2.42. The summed E-state index contributed by atoms with van der Waals surface area (Å²) in [5, 5.41) is 0.0575. The van der Waals surface area contributed by atoms with E-state index in [1.54, 1.807) is 0 Å². The van der Waals surface area contributed by atoms with Crippen LogP contribution in [0.5, 0.6) is 0 Å². The van der Waals surface area contributed by atoms with Crippen LogP contribution in [-0.4, -0.2) is 15.6 Å². The first kappa shape index (κ1) is 15.7. The Morgan fingerprint density at radius 2 is 1.56 bits per heavy atom. The summed E-state index contributed by atoms with van der Waals surface area (Å²) in [6.07, 6.45) is 11.2. The molecule has 18 heavy (non-hydrogen) atoms. The maximum atomic E-state index is 11.7. The van der Waals surface area contributed by atoms with E-state index in [1.807, 2.05) is 6.92 Å². The molecule has 1 aliphatic heterocycles. The Morgan fingerprint density at radius 1 is 1.00 bits per heavy atom. The van der Waals surface area contributed by atoms with Crippen LogP contribution in [0.1, 0.15) is 78.1 Å². The van der Waals surface area contributed by atoms with Gasteiger partial charge in [0.15, 0.2) is 10.9 Å². The summed E-state index contributed by atoms with van der Waals surface area (Å²) in [5.41, 5.74) is 0. The van der Waals surface area contributed by atoms with Crippen molar-refractivity contribution in [2.45, 2.75) is 82.8 Å². The number of rotatable bonds is 9. The van der Waals surface area contributed by atoms with Crippen molar-refractivity contribution in [3.8, 4) is 0 Å². The largest absolute Gasteiger partial charge is 0.298 e. The van der Waals surface area contributed by atoms with Crippen molar-refractivity contribution in [3.63, 3.8) is 0 Å². The number of Topliss-reactive ketones (excluding diaryl/α,β-unsaturated/α-hetero) is 1. The molecule has 0 saturated carbocycles. The SMILES string of the molecule is CCCCCCCCCC[C@@]1(C)SC(=O)CC1=O. The van der Waals surface area contributed by atoms with Gasteiger partial charge in [-0.2, -0.15) is 0 Å². The van der Waals surface area contributed by atoms with Crippen LogP contribution in [0.3, 0.4) is 0 Å². The van der Waals surface area contributed by atoms with Crippen LogP contribution < -0.4 is 0 Å². The molecular formula is C15H26O2S. The van der Waals surface area contributed by atoms with Crippen LogP contribution in [-0.2, 0) is 9.59 Å². The number of carbonyl (C=O) groups excluding carboxylic acids is 2. The summed E-state index contributed by atoms with van der Waals surface area (Å²) >= 11 is 1.26. The first-order valence-corrected chi connectivity index (χ1v) is 8.15. The van der Waals surface area contributed by atoms with Gasteiger partial charge in [-0.05, 0) is 13.3 Å². The lowest BCUT2D eigenvalue weighted by molar-refractivity contribution is -0.123. The second-order valence-corrected chi connectivity index (χ2v) is 7.09. The summed E-state index contributed by atoms with van der Waals surface area (Å²) in [6.45, 7) is 4.17. The smallest absolute Gasteiger partial charge is 0.197 e. The Kier molecular flexibility index (Phi) is 6.98. The molecule has 1 saturated heterocycles. The minimum atomic E-state index is -0.403. The molecule has 1 rings (SSSR count). The third-order valence-corrected chi connectivity index (χ3v) is 5.00. The van der Waals surface area contributed by atoms with Gasteiger partial charge in [-0.1, -0.05) is 70.1 Å².